The van der Waals surface area contributed by atoms with Crippen molar-refractivity contribution in [3.05, 3.63) is 54.6 Å². The molecule has 2 aromatic rings. The molecule has 2 rings (SSSR count). The lowest BCUT2D eigenvalue weighted by Gasteiger charge is -2.16. The number of nitrogens with one attached hydrogen (secondary N) is 1. The van der Waals surface area contributed by atoms with Gasteiger partial charge < -0.3 is 0 Å². The van der Waals surface area contributed by atoms with Crippen molar-refractivity contribution in [2.24, 2.45) is 0 Å². The summed E-state index contributed by atoms with van der Waals surface area (Å²) in [6, 6.07) is 10.8. The van der Waals surface area contributed by atoms with E-state index in [1.54, 1.807) is 0 Å². The monoisotopic (exact) mass is 277 g/mol. The van der Waals surface area contributed by atoms with Gasteiger partial charge in [0.1, 0.15) is 12.4 Å². The van der Waals surface area contributed by atoms with E-state index in [1.807, 2.05) is 12.5 Å². The topological polar surface area (TPSA) is 19.7 Å². The number of H-pyrrole nitrogens is 1. The predicted octanol–water partition coefficient (Wildman–Crippen LogP) is 3.89. The Morgan fingerprint density at radius 3 is 2.58 bits per heavy atom. The highest BCUT2D eigenvalue weighted by molar-refractivity contribution is 6.17. The molecule has 1 heterocycles. The number of rotatable bonds is 8. The molecule has 0 radical (unpaired) electrons. The molecule has 0 aliphatic carbocycles. The molecular formula is C16H22ClN2+. The lowest BCUT2D eigenvalue weighted by Crippen LogP contribution is -2.30. The Balaban J connectivity index is 1.87. The molecule has 0 aliphatic rings. The van der Waals surface area contributed by atoms with Crippen LogP contribution in [0.15, 0.2) is 49.1 Å². The number of imidazole rings is 1. The minimum absolute atomic E-state index is 0.638. The maximum atomic E-state index is 5.84. The summed E-state index contributed by atoms with van der Waals surface area (Å²) >= 11 is 5.84. The van der Waals surface area contributed by atoms with E-state index in [2.05, 4.69) is 46.1 Å². The van der Waals surface area contributed by atoms with Crippen molar-refractivity contribution in [3.8, 4) is 0 Å². The van der Waals surface area contributed by atoms with E-state index in [0.29, 0.717) is 5.92 Å². The molecule has 1 aromatic carbocycles. The van der Waals surface area contributed by atoms with E-state index >= 15 is 0 Å². The Morgan fingerprint density at radius 2 is 1.89 bits per heavy atom. The van der Waals surface area contributed by atoms with Crippen molar-refractivity contribution in [1.29, 1.82) is 0 Å². The molecule has 1 atom stereocenters. The van der Waals surface area contributed by atoms with E-state index in [9.17, 15) is 0 Å². The first kappa shape index (κ1) is 14.1. The van der Waals surface area contributed by atoms with Crippen LogP contribution in [0.4, 0.5) is 0 Å². The summed E-state index contributed by atoms with van der Waals surface area (Å²) < 4.78 is 2.20. The number of hydrogen-bond donors (Lipinski definition) is 1. The third-order valence-corrected chi connectivity index (χ3v) is 3.80. The third-order valence-electron chi connectivity index (χ3n) is 3.53. The zero-order chi connectivity index (χ0) is 13.3. The second kappa shape index (κ2) is 8.00. The maximum Gasteiger partial charge on any atom is 0.241 e. The molecule has 3 heteroatoms. The van der Waals surface area contributed by atoms with Gasteiger partial charge in [0.2, 0.25) is 6.33 Å². The highest BCUT2D eigenvalue weighted by atomic mass is 35.5. The van der Waals surface area contributed by atoms with Crippen LogP contribution in [0.5, 0.6) is 0 Å². The molecule has 1 unspecified atom stereocenters. The molecule has 1 N–H and O–H groups in total. The number of aryl methyl sites for hydroxylation is 1. The zero-order valence-electron chi connectivity index (χ0n) is 11.3. The molecular weight excluding hydrogens is 256 g/mol. The van der Waals surface area contributed by atoms with Gasteiger partial charge in [-0.1, -0.05) is 30.3 Å². The Morgan fingerprint density at radius 1 is 1.11 bits per heavy atom. The fraction of sp³-hybridized carbons (Fsp3) is 0.438. The SMILES string of the molecule is ClCCCC(CCC[n+]1cc[nH]c1)c1ccccc1. The minimum Gasteiger partial charge on any atom is -0.250 e. The summed E-state index contributed by atoms with van der Waals surface area (Å²) in [5, 5.41) is 0. The molecule has 0 fully saturated rings. The fourth-order valence-electron chi connectivity index (χ4n) is 2.51. The average molecular weight is 278 g/mol. The number of nitrogens with zero attached hydrogens (tertiary/aromatic N) is 1. The Labute approximate surface area is 120 Å². The molecule has 1 aromatic heterocycles. The van der Waals surface area contributed by atoms with Gasteiger partial charge in [0, 0.05) is 5.88 Å². The van der Waals surface area contributed by atoms with Crippen molar-refractivity contribution in [2.75, 3.05) is 5.88 Å². The standard InChI is InChI=1S/C16H21ClN2/c17-10-4-8-16(15-6-2-1-3-7-15)9-5-12-19-13-11-18-14-19/h1-3,6-7,11,13-14,16H,4-5,8-10,12H2/p+1. The van der Waals surface area contributed by atoms with Gasteiger partial charge in [0.05, 0.1) is 6.54 Å². The van der Waals surface area contributed by atoms with Gasteiger partial charge in [0.15, 0.2) is 0 Å². The van der Waals surface area contributed by atoms with E-state index in [-0.39, 0.29) is 0 Å². The first-order chi connectivity index (χ1) is 9.40. The summed E-state index contributed by atoms with van der Waals surface area (Å²) in [5.41, 5.74) is 1.45. The highest BCUT2D eigenvalue weighted by Crippen LogP contribution is 2.26. The first-order valence-corrected chi connectivity index (χ1v) is 7.56. The summed E-state index contributed by atoms with van der Waals surface area (Å²) in [7, 11) is 0. The molecule has 0 aliphatic heterocycles. The van der Waals surface area contributed by atoms with Gasteiger partial charge in [-0.15, -0.1) is 11.6 Å². The third kappa shape index (κ3) is 4.71. The van der Waals surface area contributed by atoms with Crippen molar-refractivity contribution < 1.29 is 4.57 Å². The zero-order valence-corrected chi connectivity index (χ0v) is 12.0. The van der Waals surface area contributed by atoms with Crippen LogP contribution in [-0.4, -0.2) is 10.9 Å². The van der Waals surface area contributed by atoms with Crippen LogP contribution in [0, 0.1) is 0 Å². The van der Waals surface area contributed by atoms with Gasteiger partial charge in [-0.3, -0.25) is 4.98 Å². The van der Waals surface area contributed by atoms with Crippen LogP contribution in [-0.2, 0) is 6.54 Å². The smallest absolute Gasteiger partial charge is 0.241 e. The summed E-state index contributed by atoms with van der Waals surface area (Å²) in [5.74, 6) is 1.40. The van der Waals surface area contributed by atoms with Gasteiger partial charge in [-0.05, 0) is 37.2 Å². The lowest BCUT2D eigenvalue weighted by atomic mass is 9.90. The van der Waals surface area contributed by atoms with Crippen LogP contribution < -0.4 is 4.57 Å². The average Bonchev–Trinajstić information content (AvgIpc) is 2.97. The quantitative estimate of drug-likeness (QED) is 0.558. The number of aromatic amines is 1. The van der Waals surface area contributed by atoms with Crippen molar-refractivity contribution in [1.82, 2.24) is 4.98 Å². The second-order valence-electron chi connectivity index (χ2n) is 4.93. The normalized spacial score (nSPS) is 12.5. The van der Waals surface area contributed by atoms with Crippen LogP contribution in [0.25, 0.3) is 0 Å². The molecule has 0 amide bonds. The van der Waals surface area contributed by atoms with Gasteiger partial charge in [0.25, 0.3) is 0 Å². The molecule has 0 spiro atoms. The van der Waals surface area contributed by atoms with Crippen LogP contribution >= 0.6 is 11.6 Å². The lowest BCUT2D eigenvalue weighted by molar-refractivity contribution is -0.696. The van der Waals surface area contributed by atoms with Crippen LogP contribution in [0.3, 0.4) is 0 Å². The van der Waals surface area contributed by atoms with Crippen molar-refractivity contribution in [3.63, 3.8) is 0 Å². The summed E-state index contributed by atoms with van der Waals surface area (Å²) in [6.45, 7) is 1.08. The highest BCUT2D eigenvalue weighted by Gasteiger charge is 2.11. The van der Waals surface area contributed by atoms with Crippen molar-refractivity contribution >= 4 is 11.6 Å². The van der Waals surface area contributed by atoms with E-state index in [4.69, 9.17) is 11.6 Å². The van der Waals surface area contributed by atoms with E-state index in [0.717, 1.165) is 18.8 Å². The second-order valence-corrected chi connectivity index (χ2v) is 5.31. The van der Waals surface area contributed by atoms with Gasteiger partial charge in [-0.25, -0.2) is 4.57 Å². The Bertz CT molecular complexity index is 439. The molecule has 0 saturated heterocycles. The number of alkyl halides is 1. The van der Waals surface area contributed by atoms with Crippen molar-refractivity contribution in [2.45, 2.75) is 38.1 Å². The van der Waals surface area contributed by atoms with Gasteiger partial charge >= 0.3 is 0 Å². The van der Waals surface area contributed by atoms with Crippen LogP contribution in [0.2, 0.25) is 0 Å². The van der Waals surface area contributed by atoms with E-state index < -0.39 is 0 Å². The fourth-order valence-corrected chi connectivity index (χ4v) is 2.66. The Kier molecular flexibility index (Phi) is 5.96. The maximum absolute atomic E-state index is 5.84. The van der Waals surface area contributed by atoms with Gasteiger partial charge in [-0.2, -0.15) is 0 Å². The molecule has 19 heavy (non-hydrogen) atoms. The number of halogens is 1. The molecule has 2 nitrogen and oxygen atoms in total. The number of hydrogen-bond acceptors (Lipinski definition) is 0. The predicted molar refractivity (Wildman–Crippen MR) is 79.4 cm³/mol. The number of benzene rings is 1. The molecule has 0 bridgehead atoms. The molecule has 0 saturated carbocycles. The minimum atomic E-state index is 0.638. The summed E-state index contributed by atoms with van der Waals surface area (Å²) in [6.07, 6.45) is 10.8. The summed E-state index contributed by atoms with van der Waals surface area (Å²) in [4.78, 5) is 3.08. The van der Waals surface area contributed by atoms with Crippen LogP contribution in [0.1, 0.15) is 37.2 Å². The van der Waals surface area contributed by atoms with E-state index in [1.165, 1.54) is 24.8 Å². The number of aromatic nitrogens is 2. The first-order valence-electron chi connectivity index (χ1n) is 7.03. The largest absolute Gasteiger partial charge is 0.250 e. The molecule has 102 valence electrons. The Hall–Kier alpha value is -1.28.